The minimum absolute atomic E-state index is 0.196. The zero-order valence-electron chi connectivity index (χ0n) is 35.3. The highest BCUT2D eigenvalue weighted by Gasteiger charge is 2.44. The van der Waals surface area contributed by atoms with Crippen LogP contribution in [0.4, 0.5) is 0 Å². The molecule has 0 radical (unpaired) electrons. The van der Waals surface area contributed by atoms with Gasteiger partial charge in [0, 0.05) is 12.8 Å². The van der Waals surface area contributed by atoms with Gasteiger partial charge in [-0.05, 0) is 83.5 Å². The van der Waals surface area contributed by atoms with E-state index in [4.69, 9.17) is 18.9 Å². The minimum Gasteiger partial charge on any atom is -0.462 e. The molecule has 1 fully saturated rings. The quantitative estimate of drug-likeness (QED) is 0.0277. The van der Waals surface area contributed by atoms with Crippen molar-refractivity contribution in [2.45, 2.75) is 192 Å². The second-order valence-electron chi connectivity index (χ2n) is 14.8. The molecule has 1 aliphatic heterocycles. The SMILES string of the molecule is CC/C=C/C/C=C/C/C=C/CCCCCCCC(=O)OC[C@H](CO[C@@H]1O[C@H](CO)[C@H](O)C(O)C1O)OC(=O)CCCCCC/C=C/C/C=C/C/C=C/CCCCC. The molecule has 326 valence electrons. The van der Waals surface area contributed by atoms with Gasteiger partial charge in [0.25, 0.3) is 0 Å². The van der Waals surface area contributed by atoms with Crippen LogP contribution in [0.2, 0.25) is 0 Å². The molecule has 0 amide bonds. The fraction of sp³-hybridized carbons (Fsp3) is 0.702. The molecule has 0 aliphatic carbocycles. The summed E-state index contributed by atoms with van der Waals surface area (Å²) in [5.74, 6) is -0.859. The van der Waals surface area contributed by atoms with Gasteiger partial charge < -0.3 is 39.4 Å². The van der Waals surface area contributed by atoms with Crippen LogP contribution >= 0.6 is 0 Å². The zero-order valence-corrected chi connectivity index (χ0v) is 35.3. The van der Waals surface area contributed by atoms with Crippen molar-refractivity contribution in [3.8, 4) is 0 Å². The number of unbranched alkanes of at least 4 members (excludes halogenated alkanes) is 12. The molecule has 10 nitrogen and oxygen atoms in total. The summed E-state index contributed by atoms with van der Waals surface area (Å²) < 4.78 is 22.1. The third-order valence-corrected chi connectivity index (χ3v) is 9.58. The van der Waals surface area contributed by atoms with Crippen LogP contribution in [-0.2, 0) is 28.5 Å². The highest BCUT2D eigenvalue weighted by molar-refractivity contribution is 5.70. The Morgan fingerprint density at radius 1 is 0.561 bits per heavy atom. The number of carbonyl (C=O) groups excluding carboxylic acids is 2. The molecular weight excluding hydrogens is 725 g/mol. The molecule has 1 rings (SSSR count). The third-order valence-electron chi connectivity index (χ3n) is 9.58. The number of carbonyl (C=O) groups is 2. The highest BCUT2D eigenvalue weighted by Crippen LogP contribution is 2.22. The van der Waals surface area contributed by atoms with Crippen LogP contribution < -0.4 is 0 Å². The van der Waals surface area contributed by atoms with Crippen LogP contribution in [0, 0.1) is 0 Å². The summed E-state index contributed by atoms with van der Waals surface area (Å²) in [6, 6.07) is 0. The molecule has 4 N–H and O–H groups in total. The van der Waals surface area contributed by atoms with Gasteiger partial charge in [-0.1, -0.05) is 132 Å². The molecule has 10 heteroatoms. The van der Waals surface area contributed by atoms with E-state index in [1.165, 1.54) is 25.7 Å². The number of rotatable bonds is 35. The van der Waals surface area contributed by atoms with E-state index in [0.717, 1.165) is 89.9 Å². The number of aliphatic hydroxyl groups is 4. The van der Waals surface area contributed by atoms with Crippen LogP contribution in [0.15, 0.2) is 72.9 Å². The molecule has 0 aromatic carbocycles. The lowest BCUT2D eigenvalue weighted by molar-refractivity contribution is -0.305. The Labute approximate surface area is 344 Å². The Morgan fingerprint density at radius 2 is 1.04 bits per heavy atom. The molecule has 1 heterocycles. The van der Waals surface area contributed by atoms with E-state index in [2.05, 4.69) is 86.8 Å². The van der Waals surface area contributed by atoms with Crippen molar-refractivity contribution in [1.29, 1.82) is 0 Å². The van der Waals surface area contributed by atoms with Gasteiger partial charge in [0.1, 0.15) is 31.0 Å². The van der Waals surface area contributed by atoms with Crippen molar-refractivity contribution < 1.29 is 49.0 Å². The van der Waals surface area contributed by atoms with Crippen molar-refractivity contribution >= 4 is 11.9 Å². The lowest BCUT2D eigenvalue weighted by Gasteiger charge is -2.39. The van der Waals surface area contributed by atoms with E-state index in [1.807, 2.05) is 0 Å². The van der Waals surface area contributed by atoms with Crippen LogP contribution in [0.25, 0.3) is 0 Å². The largest absolute Gasteiger partial charge is 0.462 e. The molecule has 57 heavy (non-hydrogen) atoms. The minimum atomic E-state index is -1.61. The lowest BCUT2D eigenvalue weighted by Crippen LogP contribution is -2.59. The standard InChI is InChI=1S/C47H78O10/c1-3-5-7-9-11-13-15-17-19-20-22-24-26-28-30-32-34-36-43(50)56-40(39-55-47-46(53)45(52)44(51)41(37-48)57-47)38-54-42(49)35-33-31-29-27-25-23-21-18-16-14-12-10-8-6-4-2/h6,8,11-14,17-19,21-22,24,40-41,44-48,51-53H,3-5,7,9-10,15-16,20,23,25-39H2,1-2H3/b8-6+,13-11+,14-12+,19-17+,21-18+,24-22+/t40-,41-,44+,45?,46?,47-/m1/s1. The summed E-state index contributed by atoms with van der Waals surface area (Å²) in [4.78, 5) is 25.3. The van der Waals surface area contributed by atoms with E-state index in [9.17, 15) is 30.0 Å². The monoisotopic (exact) mass is 803 g/mol. The Bertz CT molecular complexity index is 1160. The first kappa shape index (κ1) is 52.2. The van der Waals surface area contributed by atoms with E-state index < -0.39 is 55.4 Å². The van der Waals surface area contributed by atoms with Gasteiger partial charge in [0.2, 0.25) is 0 Å². The van der Waals surface area contributed by atoms with Crippen LogP contribution in [0.3, 0.4) is 0 Å². The Morgan fingerprint density at radius 3 is 1.56 bits per heavy atom. The van der Waals surface area contributed by atoms with Crippen LogP contribution in [-0.4, -0.2) is 89.0 Å². The summed E-state index contributed by atoms with van der Waals surface area (Å²) in [7, 11) is 0. The van der Waals surface area contributed by atoms with E-state index in [-0.39, 0.29) is 26.1 Å². The Kier molecular flexibility index (Phi) is 34.2. The fourth-order valence-electron chi connectivity index (χ4n) is 6.09. The van der Waals surface area contributed by atoms with Gasteiger partial charge in [0.05, 0.1) is 13.2 Å². The molecule has 0 spiro atoms. The maximum atomic E-state index is 12.8. The number of hydrogen-bond donors (Lipinski definition) is 4. The first-order valence-corrected chi connectivity index (χ1v) is 22.0. The molecule has 0 saturated carbocycles. The van der Waals surface area contributed by atoms with Gasteiger partial charge in [-0.15, -0.1) is 0 Å². The highest BCUT2D eigenvalue weighted by atomic mass is 16.7. The van der Waals surface area contributed by atoms with Gasteiger partial charge >= 0.3 is 11.9 Å². The molecule has 2 unspecified atom stereocenters. The van der Waals surface area contributed by atoms with Crippen molar-refractivity contribution in [2.75, 3.05) is 19.8 Å². The molecule has 1 saturated heterocycles. The maximum Gasteiger partial charge on any atom is 0.306 e. The number of allylic oxidation sites excluding steroid dienone is 12. The Hall–Kier alpha value is -2.86. The number of ether oxygens (including phenoxy) is 4. The zero-order chi connectivity index (χ0) is 41.6. The topological polar surface area (TPSA) is 152 Å². The average molecular weight is 803 g/mol. The predicted molar refractivity (Wildman–Crippen MR) is 228 cm³/mol. The van der Waals surface area contributed by atoms with E-state index in [1.54, 1.807) is 0 Å². The molecule has 1 aliphatic rings. The van der Waals surface area contributed by atoms with Gasteiger partial charge in [-0.2, -0.15) is 0 Å². The van der Waals surface area contributed by atoms with E-state index in [0.29, 0.717) is 12.8 Å². The average Bonchev–Trinajstić information content (AvgIpc) is 3.21. The van der Waals surface area contributed by atoms with Gasteiger partial charge in [0.15, 0.2) is 12.4 Å². The van der Waals surface area contributed by atoms with Crippen molar-refractivity contribution in [3.05, 3.63) is 72.9 Å². The third kappa shape index (κ3) is 29.1. The van der Waals surface area contributed by atoms with Crippen LogP contribution in [0.1, 0.15) is 155 Å². The first-order valence-electron chi connectivity index (χ1n) is 22.0. The lowest BCUT2D eigenvalue weighted by atomic mass is 9.99. The van der Waals surface area contributed by atoms with Gasteiger partial charge in [-0.3, -0.25) is 9.59 Å². The van der Waals surface area contributed by atoms with Crippen molar-refractivity contribution in [1.82, 2.24) is 0 Å². The first-order chi connectivity index (χ1) is 27.8. The number of aliphatic hydroxyl groups excluding tert-OH is 4. The predicted octanol–water partition coefficient (Wildman–Crippen LogP) is 9.22. The van der Waals surface area contributed by atoms with Crippen LogP contribution in [0.5, 0.6) is 0 Å². The summed E-state index contributed by atoms with van der Waals surface area (Å²) in [6.45, 7) is 3.22. The molecule has 6 atom stereocenters. The van der Waals surface area contributed by atoms with Crippen molar-refractivity contribution in [3.63, 3.8) is 0 Å². The maximum absolute atomic E-state index is 12.8. The summed E-state index contributed by atoms with van der Waals surface area (Å²) in [6.07, 6.45) is 39.0. The normalized spacial score (nSPS) is 21.0. The second kappa shape index (κ2) is 37.4. The van der Waals surface area contributed by atoms with E-state index >= 15 is 0 Å². The number of esters is 2. The molecule has 0 aromatic rings. The second-order valence-corrected chi connectivity index (χ2v) is 14.8. The molecule has 0 aromatic heterocycles. The van der Waals surface area contributed by atoms with Crippen molar-refractivity contribution in [2.24, 2.45) is 0 Å². The fourth-order valence-corrected chi connectivity index (χ4v) is 6.09. The smallest absolute Gasteiger partial charge is 0.306 e. The summed E-state index contributed by atoms with van der Waals surface area (Å²) in [5, 5.41) is 40.1. The number of hydrogen-bond acceptors (Lipinski definition) is 10. The summed E-state index contributed by atoms with van der Waals surface area (Å²) in [5.41, 5.74) is 0. The van der Waals surface area contributed by atoms with Gasteiger partial charge in [-0.25, -0.2) is 0 Å². The molecular formula is C47H78O10. The summed E-state index contributed by atoms with van der Waals surface area (Å²) >= 11 is 0. The molecule has 0 bridgehead atoms. The Balaban J connectivity index is 2.38.